The summed E-state index contributed by atoms with van der Waals surface area (Å²) in [6.45, 7) is 6.92. The molecule has 1 atom stereocenters. The molecule has 1 aliphatic carbocycles. The van der Waals surface area contributed by atoms with Gasteiger partial charge in [0.05, 0.1) is 5.92 Å². The SMILES string of the molecule is C=CCN(C(=O)C(CN)CCC)C1CC1. The van der Waals surface area contributed by atoms with Gasteiger partial charge in [0.1, 0.15) is 0 Å². The second-order valence-electron chi connectivity index (χ2n) is 4.23. The summed E-state index contributed by atoms with van der Waals surface area (Å²) in [6.07, 6.45) is 6.00. The Bertz CT molecular complexity index is 224. The van der Waals surface area contributed by atoms with Gasteiger partial charge >= 0.3 is 0 Å². The molecular formula is C12H22N2O. The Morgan fingerprint density at radius 1 is 1.67 bits per heavy atom. The van der Waals surface area contributed by atoms with Gasteiger partial charge in [-0.05, 0) is 19.3 Å². The summed E-state index contributed by atoms with van der Waals surface area (Å²) in [5.41, 5.74) is 5.64. The molecule has 0 heterocycles. The lowest BCUT2D eigenvalue weighted by Crippen LogP contribution is -2.40. The van der Waals surface area contributed by atoms with Crippen LogP contribution in [-0.2, 0) is 4.79 Å². The predicted molar refractivity (Wildman–Crippen MR) is 62.4 cm³/mol. The Hall–Kier alpha value is -0.830. The third-order valence-corrected chi connectivity index (χ3v) is 2.87. The van der Waals surface area contributed by atoms with Crippen LogP contribution in [0.2, 0.25) is 0 Å². The van der Waals surface area contributed by atoms with Crippen molar-refractivity contribution in [1.82, 2.24) is 4.90 Å². The number of carbonyl (C=O) groups excluding carboxylic acids is 1. The van der Waals surface area contributed by atoms with Crippen molar-refractivity contribution < 1.29 is 4.79 Å². The standard InChI is InChI=1S/C12H22N2O/c1-3-5-10(9-13)12(15)14(8-4-2)11-6-7-11/h4,10-11H,2-3,5-9,13H2,1H3. The molecule has 0 aromatic rings. The van der Waals surface area contributed by atoms with Crippen molar-refractivity contribution in [2.75, 3.05) is 13.1 Å². The van der Waals surface area contributed by atoms with Crippen molar-refractivity contribution in [2.45, 2.75) is 38.6 Å². The Morgan fingerprint density at radius 2 is 2.33 bits per heavy atom. The third kappa shape index (κ3) is 3.34. The Balaban J connectivity index is 2.55. The number of nitrogens with zero attached hydrogens (tertiary/aromatic N) is 1. The fraction of sp³-hybridized carbons (Fsp3) is 0.750. The van der Waals surface area contributed by atoms with Gasteiger partial charge in [-0.3, -0.25) is 4.79 Å². The van der Waals surface area contributed by atoms with Crippen LogP contribution in [0.5, 0.6) is 0 Å². The van der Waals surface area contributed by atoms with E-state index in [1.807, 2.05) is 4.90 Å². The second-order valence-corrected chi connectivity index (χ2v) is 4.23. The molecule has 86 valence electrons. The molecule has 0 spiro atoms. The molecule has 0 aliphatic heterocycles. The summed E-state index contributed by atoms with van der Waals surface area (Å²) < 4.78 is 0. The van der Waals surface area contributed by atoms with E-state index in [-0.39, 0.29) is 11.8 Å². The Kier molecular flexibility index (Phi) is 4.82. The highest BCUT2D eigenvalue weighted by atomic mass is 16.2. The quantitative estimate of drug-likeness (QED) is 0.648. The van der Waals surface area contributed by atoms with Crippen molar-refractivity contribution in [2.24, 2.45) is 11.7 Å². The number of hydrogen-bond donors (Lipinski definition) is 1. The molecule has 1 aliphatic rings. The lowest BCUT2D eigenvalue weighted by atomic mass is 10.0. The highest BCUT2D eigenvalue weighted by Crippen LogP contribution is 2.28. The largest absolute Gasteiger partial charge is 0.336 e. The van der Waals surface area contributed by atoms with E-state index in [4.69, 9.17) is 5.73 Å². The topological polar surface area (TPSA) is 46.3 Å². The molecule has 0 aromatic carbocycles. The molecule has 15 heavy (non-hydrogen) atoms. The highest BCUT2D eigenvalue weighted by Gasteiger charge is 2.34. The number of amides is 1. The molecule has 0 radical (unpaired) electrons. The Morgan fingerprint density at radius 3 is 2.73 bits per heavy atom. The number of hydrogen-bond acceptors (Lipinski definition) is 2. The van der Waals surface area contributed by atoms with Crippen molar-refractivity contribution in [3.05, 3.63) is 12.7 Å². The summed E-state index contributed by atoms with van der Waals surface area (Å²) in [4.78, 5) is 14.1. The molecule has 1 unspecified atom stereocenters. The van der Waals surface area contributed by atoms with E-state index >= 15 is 0 Å². The first kappa shape index (κ1) is 12.2. The minimum absolute atomic E-state index is 0.00977. The van der Waals surface area contributed by atoms with Crippen LogP contribution in [0.1, 0.15) is 32.6 Å². The van der Waals surface area contributed by atoms with Crippen LogP contribution in [0.15, 0.2) is 12.7 Å². The molecular weight excluding hydrogens is 188 g/mol. The van der Waals surface area contributed by atoms with Crippen LogP contribution in [0.25, 0.3) is 0 Å². The van der Waals surface area contributed by atoms with E-state index in [1.165, 1.54) is 0 Å². The molecule has 3 heteroatoms. The zero-order chi connectivity index (χ0) is 11.3. The maximum atomic E-state index is 12.1. The summed E-state index contributed by atoms with van der Waals surface area (Å²) in [7, 11) is 0. The number of rotatable bonds is 7. The summed E-state index contributed by atoms with van der Waals surface area (Å²) in [5.74, 6) is 0.234. The lowest BCUT2D eigenvalue weighted by Gasteiger charge is -2.25. The molecule has 1 saturated carbocycles. The van der Waals surface area contributed by atoms with E-state index in [2.05, 4.69) is 13.5 Å². The van der Waals surface area contributed by atoms with E-state index in [0.29, 0.717) is 19.1 Å². The van der Waals surface area contributed by atoms with Gasteiger partial charge in [0, 0.05) is 19.1 Å². The van der Waals surface area contributed by atoms with Gasteiger partial charge in [0.15, 0.2) is 0 Å². The van der Waals surface area contributed by atoms with Gasteiger partial charge in [-0.1, -0.05) is 19.4 Å². The van der Waals surface area contributed by atoms with Crippen molar-refractivity contribution in [1.29, 1.82) is 0 Å². The number of carbonyl (C=O) groups is 1. The smallest absolute Gasteiger partial charge is 0.227 e. The van der Waals surface area contributed by atoms with Crippen LogP contribution in [0.4, 0.5) is 0 Å². The first-order valence-corrected chi connectivity index (χ1v) is 5.86. The maximum Gasteiger partial charge on any atom is 0.227 e. The fourth-order valence-electron chi connectivity index (χ4n) is 1.87. The van der Waals surface area contributed by atoms with Gasteiger partial charge < -0.3 is 10.6 Å². The average molecular weight is 210 g/mol. The third-order valence-electron chi connectivity index (χ3n) is 2.87. The average Bonchev–Trinajstić information content (AvgIpc) is 3.05. The maximum absolute atomic E-state index is 12.1. The van der Waals surface area contributed by atoms with E-state index in [0.717, 1.165) is 25.7 Å². The number of nitrogens with two attached hydrogens (primary N) is 1. The van der Waals surface area contributed by atoms with Gasteiger partial charge in [-0.2, -0.15) is 0 Å². The van der Waals surface area contributed by atoms with Crippen molar-refractivity contribution in [3.8, 4) is 0 Å². The van der Waals surface area contributed by atoms with Crippen molar-refractivity contribution >= 4 is 5.91 Å². The molecule has 3 nitrogen and oxygen atoms in total. The molecule has 2 N–H and O–H groups in total. The summed E-state index contributed by atoms with van der Waals surface area (Å²) in [6, 6.07) is 0.460. The van der Waals surface area contributed by atoms with Gasteiger partial charge in [0.25, 0.3) is 0 Å². The van der Waals surface area contributed by atoms with E-state index in [1.54, 1.807) is 6.08 Å². The normalized spacial score (nSPS) is 17.2. The van der Waals surface area contributed by atoms with Crippen LogP contribution in [0, 0.1) is 5.92 Å². The first-order valence-electron chi connectivity index (χ1n) is 5.86. The lowest BCUT2D eigenvalue weighted by molar-refractivity contribution is -0.135. The Labute approximate surface area is 92.3 Å². The molecule has 1 fully saturated rings. The van der Waals surface area contributed by atoms with Crippen LogP contribution < -0.4 is 5.73 Å². The van der Waals surface area contributed by atoms with Crippen molar-refractivity contribution in [3.63, 3.8) is 0 Å². The van der Waals surface area contributed by atoms with E-state index < -0.39 is 0 Å². The van der Waals surface area contributed by atoms with E-state index in [9.17, 15) is 4.79 Å². The second kappa shape index (κ2) is 5.91. The van der Waals surface area contributed by atoms with Gasteiger partial charge in [-0.15, -0.1) is 6.58 Å². The highest BCUT2D eigenvalue weighted by molar-refractivity contribution is 5.79. The summed E-state index contributed by atoms with van der Waals surface area (Å²) in [5, 5.41) is 0. The monoisotopic (exact) mass is 210 g/mol. The van der Waals surface area contributed by atoms with Crippen LogP contribution in [0.3, 0.4) is 0 Å². The predicted octanol–water partition coefficient (Wildman–Crippen LogP) is 1.54. The van der Waals surface area contributed by atoms with Gasteiger partial charge in [-0.25, -0.2) is 0 Å². The first-order chi connectivity index (χ1) is 7.24. The molecule has 1 rings (SSSR count). The van der Waals surface area contributed by atoms with Gasteiger partial charge in [0.2, 0.25) is 5.91 Å². The van der Waals surface area contributed by atoms with Crippen LogP contribution >= 0.6 is 0 Å². The minimum Gasteiger partial charge on any atom is -0.336 e. The molecule has 0 bridgehead atoms. The van der Waals surface area contributed by atoms with Crippen LogP contribution in [-0.4, -0.2) is 29.9 Å². The molecule has 0 saturated heterocycles. The minimum atomic E-state index is 0.00977. The molecule has 1 amide bonds. The fourth-order valence-corrected chi connectivity index (χ4v) is 1.87. The zero-order valence-corrected chi connectivity index (χ0v) is 9.61. The summed E-state index contributed by atoms with van der Waals surface area (Å²) >= 11 is 0. The molecule has 0 aromatic heterocycles. The zero-order valence-electron chi connectivity index (χ0n) is 9.61.